The number of nitrogens with zero attached hydrogens (tertiary/aromatic N) is 1. The first-order valence-corrected chi connectivity index (χ1v) is 6.78. The third kappa shape index (κ3) is 3.95. The van der Waals surface area contributed by atoms with Crippen LogP contribution in [-0.4, -0.2) is 18.1 Å². The van der Waals surface area contributed by atoms with E-state index >= 15 is 0 Å². The van der Waals surface area contributed by atoms with Crippen LogP contribution in [0.3, 0.4) is 0 Å². The third-order valence-corrected chi connectivity index (χ3v) is 2.92. The lowest BCUT2D eigenvalue weighted by Gasteiger charge is -2.11. The maximum Gasteiger partial charge on any atom is 0.140 e. The van der Waals surface area contributed by atoms with Crippen LogP contribution in [0.1, 0.15) is 18.3 Å². The molecular weight excluding hydrogens is 255 g/mol. The van der Waals surface area contributed by atoms with Crippen LogP contribution >= 0.6 is 0 Å². The van der Waals surface area contributed by atoms with E-state index in [1.54, 1.807) is 6.07 Å². The van der Waals surface area contributed by atoms with Gasteiger partial charge >= 0.3 is 0 Å². The monoisotopic (exact) mass is 274 g/mol. The number of nitrogens with one attached hydrogen (secondary N) is 1. The summed E-state index contributed by atoms with van der Waals surface area (Å²) >= 11 is 0. The van der Waals surface area contributed by atoms with Gasteiger partial charge in [-0.1, -0.05) is 13.0 Å². The molecule has 0 aliphatic carbocycles. The van der Waals surface area contributed by atoms with Crippen molar-refractivity contribution < 1.29 is 9.13 Å². The Morgan fingerprint density at radius 3 is 2.85 bits per heavy atom. The van der Waals surface area contributed by atoms with Gasteiger partial charge in [0.15, 0.2) is 0 Å². The minimum absolute atomic E-state index is 0.244. The number of aryl methyl sites for hydroxylation is 2. The second kappa shape index (κ2) is 6.89. The Hall–Kier alpha value is -2.10. The van der Waals surface area contributed by atoms with Crippen LogP contribution in [0.5, 0.6) is 5.75 Å². The normalized spacial score (nSPS) is 10.3. The van der Waals surface area contributed by atoms with E-state index in [0.717, 1.165) is 29.2 Å². The topological polar surface area (TPSA) is 34.1 Å². The second-order valence-electron chi connectivity index (χ2n) is 4.54. The maximum absolute atomic E-state index is 13.0. The van der Waals surface area contributed by atoms with Gasteiger partial charge in [0.2, 0.25) is 0 Å². The molecule has 2 aromatic rings. The highest BCUT2D eigenvalue weighted by atomic mass is 19.1. The minimum Gasteiger partial charge on any atom is -0.490 e. The first-order chi connectivity index (χ1) is 9.69. The number of halogens is 1. The average molecular weight is 274 g/mol. The van der Waals surface area contributed by atoms with E-state index in [0.29, 0.717) is 13.2 Å². The van der Waals surface area contributed by atoms with Crippen LogP contribution in [-0.2, 0) is 6.42 Å². The number of hydrogen-bond acceptors (Lipinski definition) is 3. The number of ether oxygens (including phenoxy) is 1. The summed E-state index contributed by atoms with van der Waals surface area (Å²) in [4.78, 5) is 4.45. The third-order valence-electron chi connectivity index (χ3n) is 2.92. The van der Waals surface area contributed by atoms with Crippen molar-refractivity contribution in [2.24, 2.45) is 0 Å². The molecule has 0 atom stereocenters. The van der Waals surface area contributed by atoms with E-state index in [1.165, 1.54) is 12.1 Å². The summed E-state index contributed by atoms with van der Waals surface area (Å²) < 4.78 is 18.7. The van der Waals surface area contributed by atoms with Crippen molar-refractivity contribution in [1.82, 2.24) is 4.98 Å². The zero-order valence-corrected chi connectivity index (χ0v) is 11.8. The molecule has 1 heterocycles. The molecule has 1 aromatic heterocycles. The van der Waals surface area contributed by atoms with Gasteiger partial charge in [-0.05, 0) is 43.7 Å². The summed E-state index contributed by atoms with van der Waals surface area (Å²) in [6, 6.07) is 10.3. The number of aromatic nitrogens is 1. The SMILES string of the molecule is CCc1nc(C)ccc1OCCNc1cccc(F)c1. The highest BCUT2D eigenvalue weighted by molar-refractivity contribution is 5.42. The molecule has 0 aliphatic heterocycles. The lowest BCUT2D eigenvalue weighted by Crippen LogP contribution is -2.12. The van der Waals surface area contributed by atoms with Crippen LogP contribution in [0, 0.1) is 12.7 Å². The summed E-state index contributed by atoms with van der Waals surface area (Å²) in [6.45, 7) is 5.14. The van der Waals surface area contributed by atoms with Crippen molar-refractivity contribution in [2.45, 2.75) is 20.3 Å². The Morgan fingerprint density at radius 1 is 1.25 bits per heavy atom. The Labute approximate surface area is 118 Å². The summed E-state index contributed by atoms with van der Waals surface area (Å²) in [5, 5.41) is 3.12. The molecule has 0 saturated heterocycles. The van der Waals surface area contributed by atoms with Gasteiger partial charge in [-0.2, -0.15) is 0 Å². The van der Waals surface area contributed by atoms with Gasteiger partial charge in [0.25, 0.3) is 0 Å². The molecule has 0 bridgehead atoms. The lowest BCUT2D eigenvalue weighted by atomic mass is 10.2. The number of rotatable bonds is 6. The van der Waals surface area contributed by atoms with Crippen molar-refractivity contribution >= 4 is 5.69 Å². The Bertz CT molecular complexity index is 572. The fraction of sp³-hybridized carbons (Fsp3) is 0.312. The molecule has 0 unspecified atom stereocenters. The number of pyridine rings is 1. The quantitative estimate of drug-likeness (QED) is 0.817. The Morgan fingerprint density at radius 2 is 2.10 bits per heavy atom. The van der Waals surface area contributed by atoms with E-state index < -0.39 is 0 Å². The number of hydrogen-bond donors (Lipinski definition) is 1. The molecule has 2 rings (SSSR count). The van der Waals surface area contributed by atoms with Crippen LogP contribution in [0.2, 0.25) is 0 Å². The molecule has 20 heavy (non-hydrogen) atoms. The molecule has 4 heteroatoms. The van der Waals surface area contributed by atoms with Gasteiger partial charge < -0.3 is 10.1 Å². The van der Waals surface area contributed by atoms with Gasteiger partial charge in [0, 0.05) is 17.9 Å². The predicted octanol–water partition coefficient (Wildman–Crippen LogP) is 3.58. The zero-order valence-electron chi connectivity index (χ0n) is 11.8. The predicted molar refractivity (Wildman–Crippen MR) is 78.7 cm³/mol. The molecule has 0 radical (unpaired) electrons. The Kier molecular flexibility index (Phi) is 4.93. The molecule has 0 aliphatic rings. The molecular formula is C16H19FN2O. The minimum atomic E-state index is -0.244. The van der Waals surface area contributed by atoms with E-state index in [-0.39, 0.29) is 5.82 Å². The number of benzene rings is 1. The Balaban J connectivity index is 1.84. The average Bonchev–Trinajstić information content (AvgIpc) is 2.45. The maximum atomic E-state index is 13.0. The molecule has 0 amide bonds. The van der Waals surface area contributed by atoms with Gasteiger partial charge in [-0.25, -0.2) is 4.39 Å². The summed E-state index contributed by atoms with van der Waals surface area (Å²) in [7, 11) is 0. The summed E-state index contributed by atoms with van der Waals surface area (Å²) in [5.41, 5.74) is 2.72. The summed E-state index contributed by atoms with van der Waals surface area (Å²) in [6.07, 6.45) is 0.842. The molecule has 3 nitrogen and oxygen atoms in total. The summed E-state index contributed by atoms with van der Waals surface area (Å²) in [5.74, 6) is 0.575. The van der Waals surface area contributed by atoms with Gasteiger partial charge in [-0.3, -0.25) is 4.98 Å². The molecule has 0 fully saturated rings. The van der Waals surface area contributed by atoms with E-state index in [2.05, 4.69) is 17.2 Å². The van der Waals surface area contributed by atoms with Crippen molar-refractivity contribution in [3.8, 4) is 5.75 Å². The van der Waals surface area contributed by atoms with E-state index in [9.17, 15) is 4.39 Å². The van der Waals surface area contributed by atoms with Crippen molar-refractivity contribution in [3.05, 3.63) is 53.6 Å². The molecule has 106 valence electrons. The van der Waals surface area contributed by atoms with Crippen molar-refractivity contribution in [1.29, 1.82) is 0 Å². The van der Waals surface area contributed by atoms with Crippen molar-refractivity contribution in [2.75, 3.05) is 18.5 Å². The number of anilines is 1. The molecule has 0 spiro atoms. The molecule has 1 N–H and O–H groups in total. The van der Waals surface area contributed by atoms with E-state index in [1.807, 2.05) is 25.1 Å². The first-order valence-electron chi connectivity index (χ1n) is 6.78. The van der Waals surface area contributed by atoms with Crippen LogP contribution in [0.4, 0.5) is 10.1 Å². The molecule has 0 saturated carbocycles. The smallest absolute Gasteiger partial charge is 0.140 e. The highest BCUT2D eigenvalue weighted by Crippen LogP contribution is 2.17. The highest BCUT2D eigenvalue weighted by Gasteiger charge is 2.03. The van der Waals surface area contributed by atoms with Crippen LogP contribution in [0.25, 0.3) is 0 Å². The van der Waals surface area contributed by atoms with Gasteiger partial charge in [0.1, 0.15) is 18.2 Å². The first kappa shape index (κ1) is 14.3. The largest absolute Gasteiger partial charge is 0.490 e. The lowest BCUT2D eigenvalue weighted by molar-refractivity contribution is 0.327. The molecule has 1 aromatic carbocycles. The standard InChI is InChI=1S/C16H19FN2O/c1-3-15-16(8-7-12(2)19-15)20-10-9-18-14-6-4-5-13(17)11-14/h4-8,11,18H,3,9-10H2,1-2H3. The van der Waals surface area contributed by atoms with Crippen LogP contribution < -0.4 is 10.1 Å². The van der Waals surface area contributed by atoms with Crippen molar-refractivity contribution in [3.63, 3.8) is 0 Å². The van der Waals surface area contributed by atoms with Crippen LogP contribution in [0.15, 0.2) is 36.4 Å². The second-order valence-corrected chi connectivity index (χ2v) is 4.54. The van der Waals surface area contributed by atoms with Gasteiger partial charge in [0.05, 0.1) is 5.69 Å². The van der Waals surface area contributed by atoms with E-state index in [4.69, 9.17) is 4.74 Å². The van der Waals surface area contributed by atoms with Gasteiger partial charge in [-0.15, -0.1) is 0 Å². The zero-order chi connectivity index (χ0) is 14.4. The fourth-order valence-corrected chi connectivity index (χ4v) is 1.94. The fourth-order valence-electron chi connectivity index (χ4n) is 1.94.